The molecule has 2 heterocycles. The molecule has 4 atom stereocenters. The van der Waals surface area contributed by atoms with Crippen LogP contribution in [0.3, 0.4) is 0 Å². The predicted octanol–water partition coefficient (Wildman–Crippen LogP) is 6.79. The zero-order chi connectivity index (χ0) is 28.5. The van der Waals surface area contributed by atoms with Crippen LogP contribution in [0.2, 0.25) is 0 Å². The molecule has 0 spiro atoms. The van der Waals surface area contributed by atoms with Crippen molar-refractivity contribution >= 4 is 17.0 Å². The van der Waals surface area contributed by atoms with Crippen molar-refractivity contribution in [1.29, 1.82) is 0 Å². The second-order valence-electron chi connectivity index (χ2n) is 10.4. The van der Waals surface area contributed by atoms with Crippen molar-refractivity contribution in [2.45, 2.75) is 49.6 Å². The molecular weight excluding hydrogens is 546 g/mol. The molecule has 6 rings (SSSR count). The standard InChI is InChI=1S/C35H35NO5S/c1-5-13-27(14-6-1)21-37-24-31-32(39-23-29-17-9-3-10-18-29)33-35(41-31,26-38-22-28-15-7-2-8-16-28)36-34(40-33)42-25-30-19-11-4-12-20-30/h1-20,31-33H,21-26H2/t31-,32-,33+,35?/m1/s1. The van der Waals surface area contributed by atoms with Gasteiger partial charge in [0, 0.05) is 5.75 Å². The summed E-state index contributed by atoms with van der Waals surface area (Å²) in [5.74, 6) is 0.743. The van der Waals surface area contributed by atoms with Crippen molar-refractivity contribution in [2.24, 2.45) is 4.99 Å². The summed E-state index contributed by atoms with van der Waals surface area (Å²) >= 11 is 1.56. The van der Waals surface area contributed by atoms with Crippen molar-refractivity contribution in [3.8, 4) is 0 Å². The van der Waals surface area contributed by atoms with Crippen LogP contribution in [0.1, 0.15) is 22.3 Å². The first kappa shape index (κ1) is 28.6. The highest BCUT2D eigenvalue weighted by atomic mass is 32.2. The molecule has 1 fully saturated rings. The molecule has 2 aliphatic heterocycles. The zero-order valence-electron chi connectivity index (χ0n) is 23.4. The Morgan fingerprint density at radius 2 is 1.17 bits per heavy atom. The largest absolute Gasteiger partial charge is 0.461 e. The molecule has 0 amide bonds. The van der Waals surface area contributed by atoms with Crippen LogP contribution >= 0.6 is 11.8 Å². The normalized spacial score (nSPS) is 22.9. The summed E-state index contributed by atoms with van der Waals surface area (Å²) in [4.78, 5) is 5.02. The lowest BCUT2D eigenvalue weighted by molar-refractivity contribution is -0.124. The molecule has 7 heteroatoms. The Hall–Kier alpha value is -3.46. The minimum Gasteiger partial charge on any atom is -0.461 e. The quantitative estimate of drug-likeness (QED) is 0.173. The number of rotatable bonds is 13. The lowest BCUT2D eigenvalue weighted by atomic mass is 10.0. The average molecular weight is 582 g/mol. The number of fused-ring (bicyclic) bond motifs is 1. The average Bonchev–Trinajstić information content (AvgIpc) is 3.53. The molecule has 42 heavy (non-hydrogen) atoms. The van der Waals surface area contributed by atoms with Crippen LogP contribution in [0.4, 0.5) is 0 Å². The van der Waals surface area contributed by atoms with Crippen LogP contribution < -0.4 is 0 Å². The lowest BCUT2D eigenvalue weighted by Crippen LogP contribution is -2.44. The maximum atomic E-state index is 6.73. The molecule has 0 aromatic heterocycles. The molecule has 4 aromatic carbocycles. The minimum atomic E-state index is -1.03. The van der Waals surface area contributed by atoms with Gasteiger partial charge in [0.1, 0.15) is 18.8 Å². The topological polar surface area (TPSA) is 58.5 Å². The minimum absolute atomic E-state index is 0.238. The molecule has 2 aliphatic rings. The van der Waals surface area contributed by atoms with Crippen molar-refractivity contribution < 1.29 is 23.7 Å². The van der Waals surface area contributed by atoms with E-state index in [2.05, 4.69) is 36.4 Å². The Bertz CT molecular complexity index is 1410. The van der Waals surface area contributed by atoms with E-state index in [0.717, 1.165) is 22.4 Å². The van der Waals surface area contributed by atoms with E-state index in [0.29, 0.717) is 31.7 Å². The molecule has 4 aromatic rings. The van der Waals surface area contributed by atoms with Crippen LogP contribution in [0.5, 0.6) is 0 Å². The van der Waals surface area contributed by atoms with E-state index in [1.807, 2.05) is 84.9 Å². The molecule has 0 radical (unpaired) electrons. The van der Waals surface area contributed by atoms with Gasteiger partial charge in [-0.25, -0.2) is 4.99 Å². The van der Waals surface area contributed by atoms with Gasteiger partial charge in [0.15, 0.2) is 6.10 Å². The molecule has 0 N–H and O–H groups in total. The fraction of sp³-hybridized carbons (Fsp3) is 0.286. The number of hydrogen-bond acceptors (Lipinski definition) is 7. The SMILES string of the molecule is c1ccc(COC[C@H]2OC3(COCc4ccccc4)N=C(SCc4ccccc4)O[C@H]3[C@@H]2OCc2ccccc2)cc1. The Balaban J connectivity index is 1.20. The summed E-state index contributed by atoms with van der Waals surface area (Å²) in [7, 11) is 0. The van der Waals surface area contributed by atoms with Gasteiger partial charge >= 0.3 is 0 Å². The number of hydrogen-bond donors (Lipinski definition) is 0. The van der Waals surface area contributed by atoms with Crippen molar-refractivity contribution in [3.05, 3.63) is 144 Å². The van der Waals surface area contributed by atoms with E-state index in [1.165, 1.54) is 5.56 Å². The number of nitrogens with zero attached hydrogens (tertiary/aromatic N) is 1. The number of benzene rings is 4. The highest BCUT2D eigenvalue weighted by molar-refractivity contribution is 8.12. The fourth-order valence-corrected chi connectivity index (χ4v) is 6.04. The van der Waals surface area contributed by atoms with Gasteiger partial charge in [0.2, 0.25) is 11.0 Å². The van der Waals surface area contributed by atoms with E-state index >= 15 is 0 Å². The van der Waals surface area contributed by atoms with Crippen LogP contribution in [-0.2, 0) is 49.3 Å². The first-order chi connectivity index (χ1) is 20.8. The third kappa shape index (κ3) is 7.30. The smallest absolute Gasteiger partial charge is 0.249 e. The van der Waals surface area contributed by atoms with E-state index in [4.69, 9.17) is 28.7 Å². The maximum Gasteiger partial charge on any atom is 0.249 e. The second kappa shape index (κ2) is 14.1. The fourth-order valence-electron chi connectivity index (χ4n) is 5.17. The molecular formula is C35H35NO5S. The Labute approximate surface area is 251 Å². The Kier molecular flexibility index (Phi) is 9.64. The van der Waals surface area contributed by atoms with Gasteiger partial charge in [-0.1, -0.05) is 133 Å². The Morgan fingerprint density at radius 3 is 1.76 bits per heavy atom. The number of aliphatic imine (C=N–C) groups is 1. The van der Waals surface area contributed by atoms with Gasteiger partial charge < -0.3 is 23.7 Å². The third-order valence-electron chi connectivity index (χ3n) is 7.28. The molecule has 0 saturated carbocycles. The maximum absolute atomic E-state index is 6.73. The summed E-state index contributed by atoms with van der Waals surface area (Å²) < 4.78 is 32.2. The Morgan fingerprint density at radius 1 is 0.643 bits per heavy atom. The van der Waals surface area contributed by atoms with E-state index in [-0.39, 0.29) is 12.7 Å². The van der Waals surface area contributed by atoms with Crippen molar-refractivity contribution in [2.75, 3.05) is 13.2 Å². The molecule has 0 aliphatic carbocycles. The first-order valence-corrected chi connectivity index (χ1v) is 15.3. The predicted molar refractivity (Wildman–Crippen MR) is 165 cm³/mol. The molecule has 1 saturated heterocycles. The van der Waals surface area contributed by atoms with E-state index in [9.17, 15) is 0 Å². The molecule has 6 nitrogen and oxygen atoms in total. The summed E-state index contributed by atoms with van der Waals surface area (Å²) in [6, 6.07) is 40.7. The van der Waals surface area contributed by atoms with E-state index < -0.39 is 17.9 Å². The monoisotopic (exact) mass is 581 g/mol. The third-order valence-corrected chi connectivity index (χ3v) is 8.19. The first-order valence-electron chi connectivity index (χ1n) is 14.3. The van der Waals surface area contributed by atoms with Crippen LogP contribution in [-0.4, -0.2) is 42.5 Å². The highest BCUT2D eigenvalue weighted by Gasteiger charge is 2.61. The summed E-state index contributed by atoms with van der Waals surface area (Å²) in [5, 5.41) is 0.587. The number of ether oxygens (including phenoxy) is 5. The van der Waals surface area contributed by atoms with Gasteiger partial charge in [0.25, 0.3) is 0 Å². The lowest BCUT2D eigenvalue weighted by Gasteiger charge is -2.25. The second-order valence-corrected chi connectivity index (χ2v) is 11.4. The molecule has 216 valence electrons. The van der Waals surface area contributed by atoms with Crippen LogP contribution in [0.25, 0.3) is 0 Å². The van der Waals surface area contributed by atoms with Crippen molar-refractivity contribution in [3.63, 3.8) is 0 Å². The summed E-state index contributed by atoms with van der Waals surface area (Å²) in [6.45, 7) is 1.94. The number of thioether (sulfide) groups is 1. The van der Waals surface area contributed by atoms with Gasteiger partial charge in [-0.15, -0.1) is 0 Å². The van der Waals surface area contributed by atoms with Gasteiger partial charge in [0.05, 0.1) is 26.4 Å². The van der Waals surface area contributed by atoms with Gasteiger partial charge in [-0.3, -0.25) is 0 Å². The summed E-state index contributed by atoms with van der Waals surface area (Å²) in [6.07, 6.45) is -1.26. The molecule has 1 unspecified atom stereocenters. The van der Waals surface area contributed by atoms with Gasteiger partial charge in [-0.2, -0.15) is 0 Å². The van der Waals surface area contributed by atoms with Crippen LogP contribution in [0, 0.1) is 0 Å². The summed E-state index contributed by atoms with van der Waals surface area (Å²) in [5.41, 5.74) is 3.44. The van der Waals surface area contributed by atoms with Crippen molar-refractivity contribution in [1.82, 2.24) is 0 Å². The van der Waals surface area contributed by atoms with Crippen LogP contribution in [0.15, 0.2) is 126 Å². The van der Waals surface area contributed by atoms with E-state index in [1.54, 1.807) is 11.8 Å². The van der Waals surface area contributed by atoms with Gasteiger partial charge in [-0.05, 0) is 22.3 Å². The highest BCUT2D eigenvalue weighted by Crippen LogP contribution is 2.43. The zero-order valence-corrected chi connectivity index (χ0v) is 24.2. The molecule has 0 bridgehead atoms.